The van der Waals surface area contributed by atoms with Gasteiger partial charge in [-0.1, -0.05) is 29.8 Å². The van der Waals surface area contributed by atoms with Crippen LogP contribution in [0.25, 0.3) is 16.6 Å². The third-order valence-electron chi connectivity index (χ3n) is 7.09. The average Bonchev–Trinajstić information content (AvgIpc) is 3.60. The van der Waals surface area contributed by atoms with Crippen LogP contribution in [-0.2, 0) is 0 Å². The van der Waals surface area contributed by atoms with E-state index in [2.05, 4.69) is 20.3 Å². The number of para-hydroxylation sites is 1. The van der Waals surface area contributed by atoms with E-state index in [4.69, 9.17) is 16.3 Å². The Morgan fingerprint density at radius 1 is 1.16 bits per heavy atom. The first-order valence-electron chi connectivity index (χ1n) is 12.3. The molecule has 0 spiro atoms. The molecule has 1 saturated heterocycles. The van der Waals surface area contributed by atoms with E-state index in [0.717, 1.165) is 11.1 Å². The Kier molecular flexibility index (Phi) is 6.21. The second-order valence-corrected chi connectivity index (χ2v) is 9.77. The number of imidazole rings is 2. The number of aromatic amines is 1. The van der Waals surface area contributed by atoms with Crippen LogP contribution >= 0.6 is 11.6 Å². The number of H-pyrrole nitrogens is 1. The smallest absolute Gasteiger partial charge is 0.287 e. The van der Waals surface area contributed by atoms with Gasteiger partial charge in [0.15, 0.2) is 5.82 Å². The molecule has 192 valence electrons. The van der Waals surface area contributed by atoms with Gasteiger partial charge in [0, 0.05) is 30.2 Å². The summed E-state index contributed by atoms with van der Waals surface area (Å²) in [6.07, 6.45) is 5.87. The van der Waals surface area contributed by atoms with Crippen LogP contribution < -0.4 is 10.1 Å². The largest absolute Gasteiger partial charge is 0.494 e. The molecule has 38 heavy (non-hydrogen) atoms. The number of carbonyl (C=O) groups is 2. The number of rotatable bonds is 5. The summed E-state index contributed by atoms with van der Waals surface area (Å²) < 4.78 is 7.21. The standard InChI is InChI=1S/C28H25ClN6O3/c1-38-24-9-3-8-21-25(24)33-26(31-21)27(36)32-22-15-34(12-10-19(22)17-5-2-6-18(29)13-17)28(37)20-7-4-11-35-16-30-14-23(20)35/h2-9,11,13-14,16,19,22H,10,12,15H2,1H3,(H,31,33)(H,32,36)/t19-,22+/m0/s1. The number of benzene rings is 2. The highest BCUT2D eigenvalue weighted by molar-refractivity contribution is 6.30. The molecule has 0 radical (unpaired) electrons. The third-order valence-corrected chi connectivity index (χ3v) is 7.32. The van der Waals surface area contributed by atoms with Gasteiger partial charge in [-0.3, -0.25) is 9.59 Å². The number of piperidine rings is 1. The molecule has 0 unspecified atom stereocenters. The van der Waals surface area contributed by atoms with E-state index in [1.807, 2.05) is 53.1 Å². The van der Waals surface area contributed by atoms with Gasteiger partial charge in [-0.15, -0.1) is 0 Å². The second-order valence-electron chi connectivity index (χ2n) is 9.33. The zero-order valence-corrected chi connectivity index (χ0v) is 21.4. The number of fused-ring (bicyclic) bond motifs is 2. The highest BCUT2D eigenvalue weighted by Gasteiger charge is 2.35. The number of nitrogens with zero attached hydrogens (tertiary/aromatic N) is 4. The molecule has 6 rings (SSSR count). The van der Waals surface area contributed by atoms with E-state index in [0.29, 0.717) is 46.9 Å². The molecule has 9 nitrogen and oxygen atoms in total. The van der Waals surface area contributed by atoms with Crippen LogP contribution in [0.2, 0.25) is 5.02 Å². The zero-order valence-electron chi connectivity index (χ0n) is 20.6. The van der Waals surface area contributed by atoms with Crippen molar-refractivity contribution in [3.63, 3.8) is 0 Å². The van der Waals surface area contributed by atoms with Gasteiger partial charge in [-0.25, -0.2) is 9.97 Å². The Balaban J connectivity index is 1.30. The van der Waals surface area contributed by atoms with Crippen LogP contribution in [0.15, 0.2) is 73.3 Å². The maximum atomic E-state index is 13.6. The summed E-state index contributed by atoms with van der Waals surface area (Å²) in [5, 5.41) is 3.77. The lowest BCUT2D eigenvalue weighted by Crippen LogP contribution is -2.53. The number of halogens is 1. The Bertz CT molecular complexity index is 1660. The first-order chi connectivity index (χ1) is 18.5. The van der Waals surface area contributed by atoms with Gasteiger partial charge < -0.3 is 24.3 Å². The monoisotopic (exact) mass is 528 g/mol. The predicted octanol–water partition coefficient (Wildman–Crippen LogP) is 4.30. The molecule has 2 N–H and O–H groups in total. The quantitative estimate of drug-likeness (QED) is 0.354. The predicted molar refractivity (Wildman–Crippen MR) is 144 cm³/mol. The lowest BCUT2D eigenvalue weighted by atomic mass is 9.85. The molecular weight excluding hydrogens is 504 g/mol. The van der Waals surface area contributed by atoms with Crippen LogP contribution in [0, 0.1) is 0 Å². The lowest BCUT2D eigenvalue weighted by molar-refractivity contribution is 0.0655. The summed E-state index contributed by atoms with van der Waals surface area (Å²) >= 11 is 6.30. The van der Waals surface area contributed by atoms with Crippen molar-refractivity contribution in [3.8, 4) is 5.75 Å². The summed E-state index contributed by atoms with van der Waals surface area (Å²) in [6, 6.07) is 16.4. The number of ether oxygens (including phenoxy) is 1. The average molecular weight is 529 g/mol. The van der Waals surface area contributed by atoms with E-state index in [-0.39, 0.29) is 29.6 Å². The fourth-order valence-electron chi connectivity index (χ4n) is 5.23. The van der Waals surface area contributed by atoms with E-state index in [9.17, 15) is 9.59 Å². The summed E-state index contributed by atoms with van der Waals surface area (Å²) in [5.74, 6) is 0.270. The number of hydrogen-bond acceptors (Lipinski definition) is 5. The van der Waals surface area contributed by atoms with Gasteiger partial charge in [0.1, 0.15) is 11.3 Å². The number of amides is 2. The molecule has 0 saturated carbocycles. The number of likely N-dealkylation sites (tertiary alicyclic amines) is 1. The third kappa shape index (κ3) is 4.35. The molecule has 5 aromatic rings. The molecule has 1 fully saturated rings. The molecule has 3 aromatic heterocycles. The maximum Gasteiger partial charge on any atom is 0.287 e. The summed E-state index contributed by atoms with van der Waals surface area (Å²) in [6.45, 7) is 0.875. The Morgan fingerprint density at radius 3 is 2.87 bits per heavy atom. The number of methoxy groups -OCH3 is 1. The van der Waals surface area contributed by atoms with Gasteiger partial charge in [0.2, 0.25) is 0 Å². The van der Waals surface area contributed by atoms with Crippen LogP contribution in [0.1, 0.15) is 38.9 Å². The minimum absolute atomic E-state index is 0.0358. The molecule has 1 aliphatic rings. The van der Waals surface area contributed by atoms with Gasteiger partial charge in [0.05, 0.1) is 42.3 Å². The van der Waals surface area contributed by atoms with E-state index in [1.165, 1.54) is 0 Å². The van der Waals surface area contributed by atoms with Crippen molar-refractivity contribution in [2.75, 3.05) is 20.2 Å². The number of pyridine rings is 1. The number of hydrogen-bond donors (Lipinski definition) is 2. The van der Waals surface area contributed by atoms with Crippen LogP contribution in [0.5, 0.6) is 5.75 Å². The van der Waals surface area contributed by atoms with Crippen molar-refractivity contribution in [1.29, 1.82) is 0 Å². The van der Waals surface area contributed by atoms with Crippen molar-refractivity contribution in [3.05, 3.63) is 95.3 Å². The highest BCUT2D eigenvalue weighted by atomic mass is 35.5. The molecule has 2 atom stereocenters. The van der Waals surface area contributed by atoms with Crippen LogP contribution in [0.3, 0.4) is 0 Å². The Morgan fingerprint density at radius 2 is 2.03 bits per heavy atom. The van der Waals surface area contributed by atoms with Crippen molar-refractivity contribution >= 4 is 40.0 Å². The summed E-state index contributed by atoms with van der Waals surface area (Å²) in [7, 11) is 1.57. The van der Waals surface area contributed by atoms with E-state index >= 15 is 0 Å². The zero-order chi connectivity index (χ0) is 26.2. The first kappa shape index (κ1) is 24.0. The number of aromatic nitrogens is 4. The van der Waals surface area contributed by atoms with Crippen molar-refractivity contribution in [1.82, 2.24) is 29.6 Å². The molecular formula is C28H25ClN6O3. The molecule has 2 aromatic carbocycles. The number of nitrogens with one attached hydrogen (secondary N) is 2. The molecule has 0 aliphatic carbocycles. The second kappa shape index (κ2) is 9.83. The van der Waals surface area contributed by atoms with Gasteiger partial charge in [-0.05, 0) is 48.4 Å². The molecule has 1 aliphatic heterocycles. The fraction of sp³-hybridized carbons (Fsp3) is 0.214. The minimum Gasteiger partial charge on any atom is -0.494 e. The first-order valence-corrected chi connectivity index (χ1v) is 12.7. The summed E-state index contributed by atoms with van der Waals surface area (Å²) in [4.78, 5) is 40.6. The van der Waals surface area contributed by atoms with Gasteiger partial charge in [-0.2, -0.15) is 0 Å². The Hall–Kier alpha value is -4.37. The number of carbonyl (C=O) groups excluding carboxylic acids is 2. The van der Waals surface area contributed by atoms with Crippen LogP contribution in [0.4, 0.5) is 0 Å². The molecule has 2 amide bonds. The van der Waals surface area contributed by atoms with Crippen molar-refractivity contribution in [2.45, 2.75) is 18.4 Å². The van der Waals surface area contributed by atoms with Crippen LogP contribution in [-0.4, -0.2) is 62.3 Å². The maximum absolute atomic E-state index is 13.6. The van der Waals surface area contributed by atoms with Gasteiger partial charge in [0.25, 0.3) is 11.8 Å². The van der Waals surface area contributed by atoms with Crippen molar-refractivity contribution < 1.29 is 14.3 Å². The molecule has 4 heterocycles. The lowest BCUT2D eigenvalue weighted by Gasteiger charge is -2.39. The normalized spacial score (nSPS) is 17.6. The Labute approximate surface area is 223 Å². The molecule has 10 heteroatoms. The SMILES string of the molecule is COc1cccc2[nH]c(C(=O)N[C@@H]3CN(C(=O)c4cccn5cncc45)CC[C@H]3c3cccc(Cl)c3)nc12. The van der Waals surface area contributed by atoms with E-state index < -0.39 is 0 Å². The minimum atomic E-state index is -0.363. The summed E-state index contributed by atoms with van der Waals surface area (Å²) in [5.41, 5.74) is 3.61. The topological polar surface area (TPSA) is 105 Å². The van der Waals surface area contributed by atoms with E-state index in [1.54, 1.807) is 36.7 Å². The molecule has 0 bridgehead atoms. The van der Waals surface area contributed by atoms with Crippen molar-refractivity contribution in [2.24, 2.45) is 0 Å². The fourth-order valence-corrected chi connectivity index (χ4v) is 5.43. The highest BCUT2D eigenvalue weighted by Crippen LogP contribution is 2.31. The van der Waals surface area contributed by atoms with Gasteiger partial charge >= 0.3 is 0 Å².